The summed E-state index contributed by atoms with van der Waals surface area (Å²) in [6.45, 7) is 0. The largest absolute Gasteiger partial charge is 0.298 e. The number of carbonyl (C=O) groups excluding carboxylic acids is 1. The van der Waals surface area contributed by atoms with E-state index in [9.17, 15) is 4.79 Å². The van der Waals surface area contributed by atoms with E-state index in [1.807, 2.05) is 0 Å². The second-order valence-electron chi connectivity index (χ2n) is 3.10. The van der Waals surface area contributed by atoms with Crippen LogP contribution in [0.2, 0.25) is 0 Å². The van der Waals surface area contributed by atoms with Crippen molar-refractivity contribution in [2.24, 2.45) is 5.92 Å². The lowest BCUT2D eigenvalue weighted by Gasteiger charge is -1.92. The molecular formula is C11H9NO. The number of rotatable bonds is 1. The third-order valence-corrected chi connectivity index (χ3v) is 1.94. The zero-order valence-corrected chi connectivity index (χ0v) is 7.16. The van der Waals surface area contributed by atoms with Gasteiger partial charge in [0.1, 0.15) is 5.69 Å². The molecule has 0 spiro atoms. The number of aldehydes is 1. The fourth-order valence-corrected chi connectivity index (χ4v) is 1.02. The van der Waals surface area contributed by atoms with Gasteiger partial charge in [-0.25, -0.2) is 4.98 Å². The van der Waals surface area contributed by atoms with E-state index in [-0.39, 0.29) is 0 Å². The highest BCUT2D eigenvalue weighted by Gasteiger charge is 2.17. The molecule has 0 unspecified atom stereocenters. The van der Waals surface area contributed by atoms with Gasteiger partial charge in [-0.1, -0.05) is 5.92 Å². The van der Waals surface area contributed by atoms with Gasteiger partial charge in [0.15, 0.2) is 6.29 Å². The molecule has 1 aromatic heterocycles. The van der Waals surface area contributed by atoms with Crippen molar-refractivity contribution in [3.63, 3.8) is 0 Å². The second kappa shape index (κ2) is 3.40. The van der Waals surface area contributed by atoms with E-state index >= 15 is 0 Å². The molecule has 1 saturated carbocycles. The molecule has 2 heteroatoms. The van der Waals surface area contributed by atoms with Crippen LogP contribution in [0, 0.1) is 17.8 Å². The van der Waals surface area contributed by atoms with Gasteiger partial charge in [0.2, 0.25) is 0 Å². The maximum atomic E-state index is 10.6. The van der Waals surface area contributed by atoms with Gasteiger partial charge in [0.05, 0.1) is 0 Å². The zero-order valence-electron chi connectivity index (χ0n) is 7.16. The SMILES string of the molecule is O=Cc1cccnc1C#CC1CC1. The summed E-state index contributed by atoms with van der Waals surface area (Å²) in [5, 5.41) is 0. The van der Waals surface area contributed by atoms with Crippen LogP contribution >= 0.6 is 0 Å². The van der Waals surface area contributed by atoms with E-state index in [0.717, 1.165) is 6.29 Å². The number of hydrogen-bond donors (Lipinski definition) is 0. The van der Waals surface area contributed by atoms with Crippen LogP contribution in [0.25, 0.3) is 0 Å². The Labute approximate surface area is 77.0 Å². The van der Waals surface area contributed by atoms with Crippen molar-refractivity contribution in [1.82, 2.24) is 4.98 Å². The highest BCUT2D eigenvalue weighted by molar-refractivity contribution is 5.78. The lowest BCUT2D eigenvalue weighted by molar-refractivity contribution is 0.112. The average Bonchev–Trinajstić information content (AvgIpc) is 2.99. The monoisotopic (exact) mass is 171 g/mol. The molecule has 0 aromatic carbocycles. The normalized spacial score (nSPS) is 14.5. The Kier molecular flexibility index (Phi) is 2.09. The van der Waals surface area contributed by atoms with Crippen molar-refractivity contribution in [2.75, 3.05) is 0 Å². The molecule has 1 heterocycles. The topological polar surface area (TPSA) is 30.0 Å². The molecule has 13 heavy (non-hydrogen) atoms. The first-order chi connectivity index (χ1) is 6.40. The molecule has 0 bridgehead atoms. The van der Waals surface area contributed by atoms with Crippen LogP contribution in [0.3, 0.4) is 0 Å². The summed E-state index contributed by atoms with van der Waals surface area (Å²) in [4.78, 5) is 14.6. The molecule has 1 aliphatic rings. The van der Waals surface area contributed by atoms with E-state index in [1.165, 1.54) is 12.8 Å². The number of carbonyl (C=O) groups is 1. The molecule has 1 aromatic rings. The summed E-state index contributed by atoms with van der Waals surface area (Å²) in [7, 11) is 0. The van der Waals surface area contributed by atoms with Crippen molar-refractivity contribution in [3.05, 3.63) is 29.6 Å². The van der Waals surface area contributed by atoms with Crippen LogP contribution in [0.1, 0.15) is 28.9 Å². The number of nitrogens with zero attached hydrogens (tertiary/aromatic N) is 1. The average molecular weight is 171 g/mol. The fraction of sp³-hybridized carbons (Fsp3) is 0.273. The molecular weight excluding hydrogens is 162 g/mol. The summed E-state index contributed by atoms with van der Waals surface area (Å²) >= 11 is 0. The Morgan fingerprint density at radius 1 is 1.54 bits per heavy atom. The van der Waals surface area contributed by atoms with E-state index in [2.05, 4.69) is 16.8 Å². The molecule has 0 atom stereocenters. The first-order valence-corrected chi connectivity index (χ1v) is 4.32. The van der Waals surface area contributed by atoms with Gasteiger partial charge in [-0.05, 0) is 30.9 Å². The van der Waals surface area contributed by atoms with Gasteiger partial charge in [0.25, 0.3) is 0 Å². The van der Waals surface area contributed by atoms with Crippen LogP contribution in [0.5, 0.6) is 0 Å². The van der Waals surface area contributed by atoms with Crippen molar-refractivity contribution >= 4 is 6.29 Å². The van der Waals surface area contributed by atoms with Crippen molar-refractivity contribution in [3.8, 4) is 11.8 Å². The first-order valence-electron chi connectivity index (χ1n) is 4.32. The summed E-state index contributed by atoms with van der Waals surface area (Å²) in [6.07, 6.45) is 4.83. The molecule has 0 saturated heterocycles. The molecule has 1 aliphatic carbocycles. The van der Waals surface area contributed by atoms with Gasteiger partial charge in [-0.2, -0.15) is 0 Å². The first kappa shape index (κ1) is 8.00. The van der Waals surface area contributed by atoms with Gasteiger partial charge in [-0.15, -0.1) is 0 Å². The van der Waals surface area contributed by atoms with Crippen LogP contribution in [0.4, 0.5) is 0 Å². The van der Waals surface area contributed by atoms with Crippen LogP contribution < -0.4 is 0 Å². The quantitative estimate of drug-likeness (QED) is 0.475. The van der Waals surface area contributed by atoms with E-state index in [1.54, 1.807) is 18.3 Å². The molecule has 0 N–H and O–H groups in total. The minimum atomic E-state index is 0.543. The Morgan fingerprint density at radius 2 is 2.38 bits per heavy atom. The van der Waals surface area contributed by atoms with Gasteiger partial charge >= 0.3 is 0 Å². The van der Waals surface area contributed by atoms with Crippen molar-refractivity contribution in [1.29, 1.82) is 0 Å². The van der Waals surface area contributed by atoms with Crippen molar-refractivity contribution < 1.29 is 4.79 Å². The highest BCUT2D eigenvalue weighted by Crippen LogP contribution is 2.27. The third kappa shape index (κ3) is 1.94. The van der Waals surface area contributed by atoms with Gasteiger partial charge in [-0.3, -0.25) is 4.79 Å². The molecule has 0 amide bonds. The maximum Gasteiger partial charge on any atom is 0.152 e. The van der Waals surface area contributed by atoms with Crippen LogP contribution in [0.15, 0.2) is 18.3 Å². The Hall–Kier alpha value is -1.62. The smallest absolute Gasteiger partial charge is 0.152 e. The minimum Gasteiger partial charge on any atom is -0.298 e. The minimum absolute atomic E-state index is 0.543. The van der Waals surface area contributed by atoms with Crippen LogP contribution in [-0.4, -0.2) is 11.3 Å². The standard InChI is InChI=1S/C11H9NO/c13-8-10-2-1-7-12-11(10)6-5-9-3-4-9/h1-2,7-9H,3-4H2. The summed E-state index contributed by atoms with van der Waals surface area (Å²) in [5.41, 5.74) is 1.18. The second-order valence-corrected chi connectivity index (χ2v) is 3.10. The maximum absolute atomic E-state index is 10.6. The number of pyridine rings is 1. The van der Waals surface area contributed by atoms with Crippen molar-refractivity contribution in [2.45, 2.75) is 12.8 Å². The lowest BCUT2D eigenvalue weighted by atomic mass is 10.2. The Morgan fingerprint density at radius 3 is 3.08 bits per heavy atom. The fourth-order valence-electron chi connectivity index (χ4n) is 1.02. The summed E-state index contributed by atoms with van der Waals surface area (Å²) in [6, 6.07) is 3.48. The predicted molar refractivity (Wildman–Crippen MR) is 49.2 cm³/mol. The third-order valence-electron chi connectivity index (χ3n) is 1.94. The molecule has 0 radical (unpaired) electrons. The molecule has 2 rings (SSSR count). The molecule has 0 aliphatic heterocycles. The van der Waals surface area contributed by atoms with E-state index in [0.29, 0.717) is 17.2 Å². The van der Waals surface area contributed by atoms with Gasteiger partial charge < -0.3 is 0 Å². The Balaban J connectivity index is 2.28. The number of hydrogen-bond acceptors (Lipinski definition) is 2. The summed E-state index contributed by atoms with van der Waals surface area (Å²) < 4.78 is 0. The molecule has 64 valence electrons. The lowest BCUT2D eigenvalue weighted by Crippen LogP contribution is -1.90. The van der Waals surface area contributed by atoms with Gasteiger partial charge in [0, 0.05) is 17.7 Å². The van der Waals surface area contributed by atoms with Crippen LogP contribution in [-0.2, 0) is 0 Å². The zero-order chi connectivity index (χ0) is 9.10. The van der Waals surface area contributed by atoms with E-state index < -0.39 is 0 Å². The highest BCUT2D eigenvalue weighted by atomic mass is 16.1. The molecule has 2 nitrogen and oxygen atoms in total. The van der Waals surface area contributed by atoms with E-state index in [4.69, 9.17) is 0 Å². The Bertz CT molecular complexity index is 383. The number of aromatic nitrogens is 1. The molecule has 1 fully saturated rings. The summed E-state index contributed by atoms with van der Waals surface area (Å²) in [5.74, 6) is 6.55. The predicted octanol–water partition coefficient (Wildman–Crippen LogP) is 1.66.